The highest BCUT2D eigenvalue weighted by Gasteiger charge is 2.52. The summed E-state index contributed by atoms with van der Waals surface area (Å²) in [6.45, 7) is 10.1. The highest BCUT2D eigenvalue weighted by atomic mass is 28.3. The van der Waals surface area contributed by atoms with Crippen molar-refractivity contribution in [1.29, 1.82) is 0 Å². The SMILES string of the molecule is C[Si]1(C)c2ccccc2-c2c(-c3cccc4c(-c5ccc(-c6ccccc6)cc5)c5cccc(-c6cccc7c6-c6ccccc6[Si]7(C)C)c5cc34)cccc21.c1ccc(-c2ccc(-c3c4cccc(-c5cccc6c5-c5ccccc5[Si]6(c5ccccc5)c5ccccc5)c4cc4c(-c5cccc6c5-c5ccccc5[Si]6(c5ccccc5)c5ccccc5)cccc34)cc2)cc1. The molecule has 0 nitrogen and oxygen atoms in total. The van der Waals surface area contributed by atoms with Gasteiger partial charge in [-0.05, 0) is 251 Å². The van der Waals surface area contributed by atoms with Gasteiger partial charge in [-0.15, -0.1) is 0 Å². The van der Waals surface area contributed by atoms with Gasteiger partial charge in [-0.3, -0.25) is 0 Å². The molecule has 0 bridgehead atoms. The van der Waals surface area contributed by atoms with E-state index in [-0.39, 0.29) is 0 Å². The normalized spacial score (nSPS) is 13.8. The second kappa shape index (κ2) is 31.3. The van der Waals surface area contributed by atoms with Gasteiger partial charge >= 0.3 is 0 Å². The molecule has 620 valence electrons. The minimum atomic E-state index is -2.75. The van der Waals surface area contributed by atoms with Crippen molar-refractivity contribution >= 4 is 138 Å². The summed E-state index contributed by atoms with van der Waals surface area (Å²) < 4.78 is 0. The van der Waals surface area contributed by atoms with Gasteiger partial charge in [0.1, 0.15) is 16.1 Å². The minimum Gasteiger partial charge on any atom is -0.0623 e. The molecule has 0 saturated heterocycles. The summed E-state index contributed by atoms with van der Waals surface area (Å²) in [5.41, 5.74) is 31.3. The summed E-state index contributed by atoms with van der Waals surface area (Å²) in [7, 11) is -9.21. The smallest absolute Gasteiger partial charge is 0.0623 e. The third kappa shape index (κ3) is 11.9. The summed E-state index contributed by atoms with van der Waals surface area (Å²) in [5.74, 6) is 0. The molecule has 0 aliphatic carbocycles. The maximum Gasteiger partial charge on any atom is 0.180 e. The van der Waals surface area contributed by atoms with Crippen molar-refractivity contribution in [3.8, 4) is 134 Å². The Hall–Kier alpha value is -15.3. The summed E-state index contributed by atoms with van der Waals surface area (Å²) in [4.78, 5) is 0. The Labute approximate surface area is 776 Å². The largest absolute Gasteiger partial charge is 0.180 e. The maximum atomic E-state index is 2.55. The molecule has 0 amide bonds. The Morgan fingerprint density at radius 1 is 0.121 bits per heavy atom. The molecule has 132 heavy (non-hydrogen) atoms. The predicted molar refractivity (Wildman–Crippen MR) is 576 cm³/mol. The molecule has 4 heteroatoms. The molecule has 0 atom stereocenters. The van der Waals surface area contributed by atoms with Crippen LogP contribution in [0.3, 0.4) is 0 Å². The number of fused-ring (bicyclic) bond motifs is 16. The maximum absolute atomic E-state index is 2.75. The zero-order valence-electron chi connectivity index (χ0n) is 74.2. The van der Waals surface area contributed by atoms with Gasteiger partial charge in [-0.25, -0.2) is 0 Å². The average molecular weight is 1740 g/mol. The van der Waals surface area contributed by atoms with Gasteiger partial charge in [0, 0.05) is 0 Å². The van der Waals surface area contributed by atoms with E-state index in [4.69, 9.17) is 0 Å². The third-order valence-electron chi connectivity index (χ3n) is 30.0. The fraction of sp³-hybridized carbons (Fsp3) is 0.0312. The quantitative estimate of drug-likeness (QED) is 0.0845. The molecule has 22 aromatic rings. The van der Waals surface area contributed by atoms with Crippen LogP contribution in [0.4, 0.5) is 0 Å². The summed E-state index contributed by atoms with van der Waals surface area (Å²) in [6, 6.07) is 184. The lowest BCUT2D eigenvalue weighted by molar-refractivity contribution is 1.61. The summed E-state index contributed by atoms with van der Waals surface area (Å²) >= 11 is 0. The van der Waals surface area contributed by atoms with Crippen molar-refractivity contribution in [3.05, 3.63) is 485 Å². The summed E-state index contributed by atoms with van der Waals surface area (Å²) in [6.07, 6.45) is 0. The molecule has 0 fully saturated rings. The van der Waals surface area contributed by atoms with Crippen molar-refractivity contribution in [1.82, 2.24) is 0 Å². The van der Waals surface area contributed by atoms with E-state index in [2.05, 4.69) is 511 Å². The first-order valence-electron chi connectivity index (χ1n) is 46.5. The molecule has 0 aromatic heterocycles. The van der Waals surface area contributed by atoms with Crippen molar-refractivity contribution in [2.75, 3.05) is 0 Å². The van der Waals surface area contributed by atoms with Crippen LogP contribution in [0.25, 0.3) is 177 Å². The minimum absolute atomic E-state index is 1.20. The number of hydrogen-bond acceptors (Lipinski definition) is 0. The van der Waals surface area contributed by atoms with E-state index in [1.54, 1.807) is 10.4 Å². The molecular formula is C128H92Si4. The molecule has 0 spiro atoms. The lowest BCUT2D eigenvalue weighted by Gasteiger charge is -2.31. The van der Waals surface area contributed by atoms with E-state index in [9.17, 15) is 0 Å². The van der Waals surface area contributed by atoms with E-state index >= 15 is 0 Å². The summed E-state index contributed by atoms with van der Waals surface area (Å²) in [5, 5.41) is 27.7. The average Bonchev–Trinajstić information content (AvgIpc) is 1.52. The Bertz CT molecular complexity index is 7910. The van der Waals surface area contributed by atoms with Crippen LogP contribution in [0.1, 0.15) is 0 Å². The number of rotatable bonds is 12. The van der Waals surface area contributed by atoms with Gasteiger partial charge in [0.15, 0.2) is 16.1 Å². The molecule has 26 rings (SSSR count). The highest BCUT2D eigenvalue weighted by molar-refractivity contribution is 7.23. The van der Waals surface area contributed by atoms with E-state index in [0.717, 1.165) is 0 Å². The van der Waals surface area contributed by atoms with Gasteiger partial charge in [-0.2, -0.15) is 0 Å². The molecule has 22 aromatic carbocycles. The first kappa shape index (κ1) is 79.0. The standard InChI is InChI=1S/C74H50Si2.C54H42Si2/c1-6-24-51(25-7-1)52-46-48-53(49-47-52)72-62-38-20-36-58(60-40-22-44-70-73(60)64-34-16-18-42-68(64)75(70,54-26-8-2-9-27-54)55-28-10-3-11-29-55)66(62)50-67-59(37-21-39-63(67)72)61-41-23-45-71-74(61)65-35-17-19-43-69(65)76(71,56-30-12-4-13-31-56)57-32-14-5-15-33-57;1-55(2)48-26-10-8-18-44(48)53-40(24-14-28-50(53)55)38-20-12-22-42-46(38)34-47-39(41-25-15-29-51-54(41)45-19-9-11-27-49(45)56(51,3)4)21-13-23-43(47)52(42)37-32-30-36(31-33-37)35-16-6-5-7-17-35/h1-50H;5-34H,1-4H3. The second-order valence-corrected chi connectivity index (χ2v) is 53.4. The highest BCUT2D eigenvalue weighted by Crippen LogP contribution is 2.51. The molecule has 4 aliphatic heterocycles. The molecule has 0 saturated carbocycles. The van der Waals surface area contributed by atoms with Crippen molar-refractivity contribution in [3.63, 3.8) is 0 Å². The molecule has 4 aliphatic rings. The second-order valence-electron chi connectivity index (χ2n) is 37.3. The van der Waals surface area contributed by atoms with Crippen LogP contribution in [0.5, 0.6) is 0 Å². The fourth-order valence-corrected chi connectivity index (χ4v) is 40.8. The van der Waals surface area contributed by atoms with E-state index in [1.165, 1.54) is 228 Å². The van der Waals surface area contributed by atoms with Gasteiger partial charge in [-0.1, -0.05) is 499 Å². The van der Waals surface area contributed by atoms with Crippen LogP contribution in [0.15, 0.2) is 485 Å². The lowest BCUT2D eigenvalue weighted by atomic mass is 9.84. The Kier molecular flexibility index (Phi) is 18.7. The van der Waals surface area contributed by atoms with E-state index in [1.807, 2.05) is 0 Å². The molecule has 0 radical (unpaired) electrons. The van der Waals surface area contributed by atoms with Gasteiger partial charge in [0.05, 0.1) is 0 Å². The van der Waals surface area contributed by atoms with Crippen molar-refractivity contribution in [2.45, 2.75) is 26.2 Å². The Balaban J connectivity index is 0.000000149. The first-order valence-corrected chi connectivity index (χ1v) is 56.5. The number of hydrogen-bond donors (Lipinski definition) is 0. The van der Waals surface area contributed by atoms with Gasteiger partial charge in [0.25, 0.3) is 0 Å². The first-order chi connectivity index (χ1) is 65.1. The third-order valence-corrected chi connectivity index (χ3v) is 46.8. The topological polar surface area (TPSA) is 0 Å². The van der Waals surface area contributed by atoms with E-state index in [0.29, 0.717) is 0 Å². The van der Waals surface area contributed by atoms with E-state index < -0.39 is 32.3 Å². The van der Waals surface area contributed by atoms with Crippen molar-refractivity contribution in [2.24, 2.45) is 0 Å². The fourth-order valence-electron chi connectivity index (χ4n) is 24.2. The molecule has 0 unspecified atom stereocenters. The zero-order valence-corrected chi connectivity index (χ0v) is 78.2. The zero-order chi connectivity index (χ0) is 88.0. The van der Waals surface area contributed by atoms with Crippen LogP contribution in [0, 0.1) is 0 Å². The van der Waals surface area contributed by atoms with Gasteiger partial charge < -0.3 is 0 Å². The van der Waals surface area contributed by atoms with Gasteiger partial charge in [0.2, 0.25) is 0 Å². The van der Waals surface area contributed by atoms with Crippen LogP contribution < -0.4 is 62.2 Å². The monoisotopic (exact) mass is 1740 g/mol. The predicted octanol–water partition coefficient (Wildman–Crippen LogP) is 25.6. The molecular weight excluding hydrogens is 1650 g/mol. The Morgan fingerprint density at radius 2 is 0.318 bits per heavy atom. The van der Waals surface area contributed by atoms with Crippen LogP contribution in [-0.2, 0) is 0 Å². The number of benzene rings is 22. The molecule has 4 heterocycles. The van der Waals surface area contributed by atoms with Crippen LogP contribution in [-0.4, -0.2) is 32.3 Å². The molecule has 0 N–H and O–H groups in total. The van der Waals surface area contributed by atoms with Crippen molar-refractivity contribution < 1.29 is 0 Å². The lowest BCUT2D eigenvalue weighted by Crippen LogP contribution is -2.72. The van der Waals surface area contributed by atoms with Crippen LogP contribution in [0.2, 0.25) is 26.2 Å². The van der Waals surface area contributed by atoms with Crippen LogP contribution >= 0.6 is 0 Å². The Morgan fingerprint density at radius 3 is 0.614 bits per heavy atom.